The van der Waals surface area contributed by atoms with Crippen LogP contribution in [0.3, 0.4) is 0 Å². The van der Waals surface area contributed by atoms with Crippen LogP contribution in [0.1, 0.15) is 21.5 Å². The molecule has 0 aliphatic heterocycles. The molecule has 2 aromatic heterocycles. The number of anilines is 1. The Balaban J connectivity index is 1.64. The highest BCUT2D eigenvalue weighted by Gasteiger charge is 2.13. The van der Waals surface area contributed by atoms with E-state index in [0.29, 0.717) is 17.1 Å². The van der Waals surface area contributed by atoms with Crippen molar-refractivity contribution in [2.24, 2.45) is 0 Å². The molecule has 0 unspecified atom stereocenters. The number of methoxy groups -OCH3 is 2. The number of imidazole rings is 1. The summed E-state index contributed by atoms with van der Waals surface area (Å²) in [5, 5.41) is 3.00. The van der Waals surface area contributed by atoms with Gasteiger partial charge in [-0.15, -0.1) is 0 Å². The number of carbonyl (C=O) groups excluding carboxylic acids is 1. The summed E-state index contributed by atoms with van der Waals surface area (Å²) >= 11 is 0. The fourth-order valence-electron chi connectivity index (χ4n) is 3.31. The minimum absolute atomic E-state index is 0.221. The SMILES string of the molecule is COc1ccc(C(=O)Nc2cc(-c3cn4ccc(C)cc4n3)ccc2C)cc1OC. The van der Waals surface area contributed by atoms with E-state index < -0.39 is 0 Å². The number of amides is 1. The summed E-state index contributed by atoms with van der Waals surface area (Å²) in [6, 6.07) is 15.1. The molecule has 30 heavy (non-hydrogen) atoms. The topological polar surface area (TPSA) is 64.9 Å². The van der Waals surface area contributed by atoms with Gasteiger partial charge in [-0.2, -0.15) is 0 Å². The molecular formula is C24H23N3O3. The van der Waals surface area contributed by atoms with Gasteiger partial charge in [-0.05, 0) is 61.4 Å². The van der Waals surface area contributed by atoms with Crippen LogP contribution in [0.2, 0.25) is 0 Å². The van der Waals surface area contributed by atoms with Crippen molar-refractivity contribution in [2.45, 2.75) is 13.8 Å². The molecule has 0 spiro atoms. The van der Waals surface area contributed by atoms with Gasteiger partial charge in [0.2, 0.25) is 0 Å². The van der Waals surface area contributed by atoms with E-state index in [1.165, 1.54) is 0 Å². The van der Waals surface area contributed by atoms with Gasteiger partial charge in [0.1, 0.15) is 5.65 Å². The van der Waals surface area contributed by atoms with Gasteiger partial charge in [0.05, 0.1) is 19.9 Å². The van der Waals surface area contributed by atoms with E-state index in [9.17, 15) is 4.79 Å². The van der Waals surface area contributed by atoms with Crippen molar-refractivity contribution in [1.29, 1.82) is 0 Å². The number of ether oxygens (including phenoxy) is 2. The molecule has 0 aliphatic carbocycles. The fourth-order valence-corrected chi connectivity index (χ4v) is 3.31. The average molecular weight is 401 g/mol. The highest BCUT2D eigenvalue weighted by Crippen LogP contribution is 2.29. The third-order valence-corrected chi connectivity index (χ3v) is 5.04. The standard InChI is InChI=1S/C24H23N3O3/c1-15-9-10-27-14-20(25-23(27)11-15)17-6-5-16(2)19(12-17)26-24(28)18-7-8-21(29-3)22(13-18)30-4/h5-14H,1-4H3,(H,26,28). The zero-order chi connectivity index (χ0) is 21.3. The minimum Gasteiger partial charge on any atom is -0.493 e. The van der Waals surface area contributed by atoms with Gasteiger partial charge in [0, 0.05) is 29.2 Å². The van der Waals surface area contributed by atoms with Crippen molar-refractivity contribution >= 4 is 17.2 Å². The first-order chi connectivity index (χ1) is 14.5. The fraction of sp³-hybridized carbons (Fsp3) is 0.167. The summed E-state index contributed by atoms with van der Waals surface area (Å²) in [6.45, 7) is 4.00. The summed E-state index contributed by atoms with van der Waals surface area (Å²) in [5.41, 5.74) is 6.02. The van der Waals surface area contributed by atoms with E-state index in [2.05, 4.69) is 5.32 Å². The molecular weight excluding hydrogens is 378 g/mol. The van der Waals surface area contributed by atoms with Crippen molar-refractivity contribution in [1.82, 2.24) is 9.38 Å². The van der Waals surface area contributed by atoms with Crippen LogP contribution in [0.25, 0.3) is 16.9 Å². The highest BCUT2D eigenvalue weighted by molar-refractivity contribution is 6.05. The molecule has 4 aromatic rings. The van der Waals surface area contributed by atoms with Gasteiger partial charge < -0.3 is 19.2 Å². The zero-order valence-electron chi connectivity index (χ0n) is 17.4. The molecule has 6 heteroatoms. The number of pyridine rings is 1. The second kappa shape index (κ2) is 7.91. The number of rotatable bonds is 5. The number of nitrogens with one attached hydrogen (secondary N) is 1. The van der Waals surface area contributed by atoms with Crippen LogP contribution < -0.4 is 14.8 Å². The monoisotopic (exact) mass is 401 g/mol. The number of aromatic nitrogens is 2. The van der Waals surface area contributed by atoms with E-state index in [4.69, 9.17) is 14.5 Å². The van der Waals surface area contributed by atoms with Crippen LogP contribution in [-0.4, -0.2) is 29.5 Å². The second-order valence-electron chi connectivity index (χ2n) is 7.15. The Hall–Kier alpha value is -3.80. The molecule has 0 radical (unpaired) electrons. The summed E-state index contributed by atoms with van der Waals surface area (Å²) in [7, 11) is 3.11. The Bertz CT molecular complexity index is 1240. The van der Waals surface area contributed by atoms with Crippen molar-refractivity contribution in [2.75, 3.05) is 19.5 Å². The van der Waals surface area contributed by atoms with Crippen LogP contribution in [-0.2, 0) is 0 Å². The molecule has 152 valence electrons. The van der Waals surface area contributed by atoms with Crippen LogP contribution >= 0.6 is 0 Å². The summed E-state index contributed by atoms with van der Waals surface area (Å²) in [6.07, 6.45) is 3.98. The van der Waals surface area contributed by atoms with Gasteiger partial charge in [-0.1, -0.05) is 12.1 Å². The Labute approximate surface area is 175 Å². The maximum absolute atomic E-state index is 12.8. The van der Waals surface area contributed by atoms with E-state index in [1.54, 1.807) is 32.4 Å². The molecule has 0 bridgehead atoms. The van der Waals surface area contributed by atoms with E-state index in [0.717, 1.165) is 33.7 Å². The molecule has 6 nitrogen and oxygen atoms in total. The molecule has 1 amide bonds. The molecule has 0 aliphatic rings. The molecule has 1 N–H and O–H groups in total. The Morgan fingerprint density at radius 3 is 2.53 bits per heavy atom. The molecule has 0 saturated carbocycles. The second-order valence-corrected chi connectivity index (χ2v) is 7.15. The van der Waals surface area contributed by atoms with Crippen molar-refractivity contribution < 1.29 is 14.3 Å². The van der Waals surface area contributed by atoms with Gasteiger partial charge in [-0.3, -0.25) is 4.79 Å². The lowest BCUT2D eigenvalue weighted by Gasteiger charge is -2.12. The highest BCUT2D eigenvalue weighted by atomic mass is 16.5. The van der Waals surface area contributed by atoms with Crippen LogP contribution in [0, 0.1) is 13.8 Å². The largest absolute Gasteiger partial charge is 0.493 e. The van der Waals surface area contributed by atoms with Crippen molar-refractivity contribution in [3.05, 3.63) is 77.6 Å². The minimum atomic E-state index is -0.221. The van der Waals surface area contributed by atoms with E-state index >= 15 is 0 Å². The quantitative estimate of drug-likeness (QED) is 0.517. The van der Waals surface area contributed by atoms with Crippen LogP contribution in [0.4, 0.5) is 5.69 Å². The predicted octanol–water partition coefficient (Wildman–Crippen LogP) is 4.89. The first kappa shape index (κ1) is 19.5. The lowest BCUT2D eigenvalue weighted by Crippen LogP contribution is -2.13. The normalized spacial score (nSPS) is 10.8. The van der Waals surface area contributed by atoms with E-state index in [1.807, 2.05) is 61.0 Å². The lowest BCUT2D eigenvalue weighted by molar-refractivity contribution is 0.102. The molecule has 2 aromatic carbocycles. The number of nitrogens with zero attached hydrogens (tertiary/aromatic N) is 2. The Kier molecular flexibility index (Phi) is 5.14. The number of fused-ring (bicyclic) bond motifs is 1. The van der Waals surface area contributed by atoms with Gasteiger partial charge in [0.25, 0.3) is 5.91 Å². The first-order valence-electron chi connectivity index (χ1n) is 9.58. The Morgan fingerprint density at radius 2 is 1.77 bits per heavy atom. The number of aryl methyl sites for hydroxylation is 2. The molecule has 4 rings (SSSR count). The third kappa shape index (κ3) is 3.72. The third-order valence-electron chi connectivity index (χ3n) is 5.04. The molecule has 0 fully saturated rings. The number of hydrogen-bond donors (Lipinski definition) is 1. The lowest BCUT2D eigenvalue weighted by atomic mass is 10.1. The summed E-state index contributed by atoms with van der Waals surface area (Å²) in [5.74, 6) is 0.867. The molecule has 2 heterocycles. The molecule has 0 atom stereocenters. The molecule has 0 saturated heterocycles. The van der Waals surface area contributed by atoms with Crippen molar-refractivity contribution in [3.8, 4) is 22.8 Å². The zero-order valence-corrected chi connectivity index (χ0v) is 17.4. The van der Waals surface area contributed by atoms with Gasteiger partial charge in [-0.25, -0.2) is 4.98 Å². The van der Waals surface area contributed by atoms with Gasteiger partial charge >= 0.3 is 0 Å². The summed E-state index contributed by atoms with van der Waals surface area (Å²) < 4.78 is 12.5. The summed E-state index contributed by atoms with van der Waals surface area (Å²) in [4.78, 5) is 17.5. The average Bonchev–Trinajstić information content (AvgIpc) is 3.17. The number of carbonyl (C=O) groups is 1. The maximum atomic E-state index is 12.8. The Morgan fingerprint density at radius 1 is 0.967 bits per heavy atom. The van der Waals surface area contributed by atoms with Crippen molar-refractivity contribution in [3.63, 3.8) is 0 Å². The smallest absolute Gasteiger partial charge is 0.255 e. The maximum Gasteiger partial charge on any atom is 0.255 e. The first-order valence-corrected chi connectivity index (χ1v) is 9.58. The van der Waals surface area contributed by atoms with E-state index in [-0.39, 0.29) is 5.91 Å². The van der Waals surface area contributed by atoms with Crippen LogP contribution in [0.15, 0.2) is 60.9 Å². The number of hydrogen-bond acceptors (Lipinski definition) is 4. The number of benzene rings is 2. The predicted molar refractivity (Wildman–Crippen MR) is 118 cm³/mol. The van der Waals surface area contributed by atoms with Crippen LogP contribution in [0.5, 0.6) is 11.5 Å². The van der Waals surface area contributed by atoms with Gasteiger partial charge in [0.15, 0.2) is 11.5 Å².